The molecule has 0 unspecified atom stereocenters. The van der Waals surface area contributed by atoms with E-state index in [-0.39, 0.29) is 48.3 Å². The molecule has 4 rings (SSSR count). The third-order valence-electron chi connectivity index (χ3n) is 7.86. The molecule has 0 heterocycles. The molecule has 10 heteroatoms. The maximum Gasteiger partial charge on any atom is 0.422 e. The number of ether oxygens (including phenoxy) is 1. The van der Waals surface area contributed by atoms with Crippen LogP contribution in [0.4, 0.5) is 39.5 Å². The lowest BCUT2D eigenvalue weighted by atomic mass is 9.77. The summed E-state index contributed by atoms with van der Waals surface area (Å²) >= 11 is 0. The Morgan fingerprint density at radius 2 is 1.13 bits per heavy atom. The molecule has 0 bridgehead atoms. The Kier molecular flexibility index (Phi) is 8.61. The van der Waals surface area contributed by atoms with Crippen LogP contribution in [0.2, 0.25) is 0 Å². The average molecular weight is 565 g/mol. The minimum atomic E-state index is -5.31. The highest BCUT2D eigenvalue weighted by atomic mass is 19.4. The van der Waals surface area contributed by atoms with Gasteiger partial charge >= 0.3 is 12.3 Å². The zero-order valence-electron chi connectivity index (χ0n) is 21.2. The van der Waals surface area contributed by atoms with E-state index in [2.05, 4.69) is 4.74 Å². The van der Waals surface area contributed by atoms with Crippen LogP contribution in [0, 0.1) is 47.9 Å². The second-order valence-corrected chi connectivity index (χ2v) is 10.7. The Hall–Kier alpha value is -2.65. The van der Waals surface area contributed by atoms with Crippen LogP contribution in [0.15, 0.2) is 36.4 Å². The summed E-state index contributed by atoms with van der Waals surface area (Å²) in [6.07, 6.45) is -1.30. The Balaban J connectivity index is 1.28. The number of allylic oxidation sites excluding steroid dienone is 2. The molecule has 0 aliphatic heterocycles. The summed E-state index contributed by atoms with van der Waals surface area (Å²) in [4.78, 5) is 0. The van der Waals surface area contributed by atoms with Crippen molar-refractivity contribution >= 4 is 0 Å². The fourth-order valence-electron chi connectivity index (χ4n) is 5.78. The van der Waals surface area contributed by atoms with Gasteiger partial charge in [-0.3, -0.25) is 0 Å². The van der Waals surface area contributed by atoms with E-state index in [1.165, 1.54) is 12.1 Å². The van der Waals surface area contributed by atoms with Crippen LogP contribution in [-0.2, 0) is 6.18 Å². The van der Waals surface area contributed by atoms with Crippen molar-refractivity contribution in [2.45, 2.75) is 76.5 Å². The van der Waals surface area contributed by atoms with Crippen molar-refractivity contribution in [1.82, 2.24) is 0 Å². The molecule has 2 aliphatic carbocycles. The quantitative estimate of drug-likeness (QED) is 0.251. The normalized spacial score (nSPS) is 24.8. The van der Waals surface area contributed by atoms with E-state index in [4.69, 9.17) is 0 Å². The van der Waals surface area contributed by atoms with Crippen molar-refractivity contribution in [3.8, 4) is 5.75 Å². The number of benzene rings is 2. The molecule has 2 aliphatic rings. The molecule has 1 nitrogen and oxygen atoms in total. The van der Waals surface area contributed by atoms with Crippen molar-refractivity contribution in [3.63, 3.8) is 0 Å². The van der Waals surface area contributed by atoms with Gasteiger partial charge in [0.05, 0.1) is 5.92 Å². The largest absolute Gasteiger partial charge is 0.432 e. The van der Waals surface area contributed by atoms with Gasteiger partial charge in [-0.25, -0.2) is 17.6 Å². The zero-order valence-corrected chi connectivity index (χ0v) is 21.2. The van der Waals surface area contributed by atoms with Crippen molar-refractivity contribution < 1.29 is 44.3 Å². The number of hydrogen-bond donors (Lipinski definition) is 0. The Labute approximate surface area is 221 Å². The van der Waals surface area contributed by atoms with Gasteiger partial charge in [-0.15, -0.1) is 0 Å². The first kappa shape index (κ1) is 29.3. The van der Waals surface area contributed by atoms with Gasteiger partial charge in [0.2, 0.25) is 0 Å². The summed E-state index contributed by atoms with van der Waals surface area (Å²) in [5.41, 5.74) is -1.48. The highest BCUT2D eigenvalue weighted by Crippen LogP contribution is 2.43. The predicted octanol–water partition coefficient (Wildman–Crippen LogP) is 9.88. The Morgan fingerprint density at radius 3 is 1.59 bits per heavy atom. The fraction of sp³-hybridized carbons (Fsp3) is 0.517. The lowest BCUT2D eigenvalue weighted by Crippen LogP contribution is -2.37. The maximum atomic E-state index is 14.7. The molecule has 214 valence electrons. The van der Waals surface area contributed by atoms with Gasteiger partial charge in [0.1, 0.15) is 34.6 Å². The zero-order chi connectivity index (χ0) is 28.5. The van der Waals surface area contributed by atoms with E-state index in [1.54, 1.807) is 6.92 Å². The van der Waals surface area contributed by atoms with E-state index in [9.17, 15) is 39.5 Å². The van der Waals surface area contributed by atoms with Crippen molar-refractivity contribution in [1.29, 1.82) is 0 Å². The molecule has 0 N–H and O–H groups in total. The first-order valence-corrected chi connectivity index (χ1v) is 13.0. The summed E-state index contributed by atoms with van der Waals surface area (Å²) in [6, 6.07) is 2.92. The van der Waals surface area contributed by atoms with E-state index >= 15 is 0 Å². The molecule has 2 aromatic carbocycles. The summed E-state index contributed by atoms with van der Waals surface area (Å²) in [6.45, 7) is 1.64. The number of rotatable bonds is 6. The van der Waals surface area contributed by atoms with Crippen LogP contribution in [0.3, 0.4) is 0 Å². The van der Waals surface area contributed by atoms with Crippen LogP contribution < -0.4 is 4.74 Å². The standard InChI is InChI=1S/C29H29F9O/c1-16-12-22(30)26(23(31)13-16)19-8-4-17(5-9-19)2-3-18-6-10-20(11-7-18)29(37,38)39-21-14-24(32)27(25(33)15-21)28(34,35)36/h2-3,12-15,17-20H,4-11H2,1H3/b3-2+. The molecule has 2 aromatic rings. The summed E-state index contributed by atoms with van der Waals surface area (Å²) in [5, 5.41) is 0. The first-order valence-electron chi connectivity index (χ1n) is 13.0. The van der Waals surface area contributed by atoms with Gasteiger partial charge in [0.25, 0.3) is 0 Å². The van der Waals surface area contributed by atoms with Crippen LogP contribution in [0.25, 0.3) is 0 Å². The molecular formula is C29H29F9O. The van der Waals surface area contributed by atoms with E-state index in [1.807, 2.05) is 12.2 Å². The second kappa shape index (κ2) is 11.5. The second-order valence-electron chi connectivity index (χ2n) is 10.7. The minimum Gasteiger partial charge on any atom is -0.432 e. The molecule has 0 amide bonds. The summed E-state index contributed by atoms with van der Waals surface area (Å²) < 4.78 is 128. The Bertz CT molecular complexity index is 1140. The summed E-state index contributed by atoms with van der Waals surface area (Å²) in [5.74, 6) is -7.26. The van der Waals surface area contributed by atoms with Crippen LogP contribution in [0.5, 0.6) is 5.75 Å². The number of alkyl halides is 5. The molecule has 0 atom stereocenters. The topological polar surface area (TPSA) is 9.23 Å². The lowest BCUT2D eigenvalue weighted by molar-refractivity contribution is -0.223. The monoisotopic (exact) mass is 564 g/mol. The molecular weight excluding hydrogens is 535 g/mol. The van der Waals surface area contributed by atoms with Crippen molar-refractivity contribution in [3.05, 3.63) is 76.4 Å². The van der Waals surface area contributed by atoms with Crippen LogP contribution in [0.1, 0.15) is 74.0 Å². The molecule has 0 spiro atoms. The molecule has 0 saturated heterocycles. The lowest BCUT2D eigenvalue weighted by Gasteiger charge is -2.33. The van der Waals surface area contributed by atoms with E-state index in [0.717, 1.165) is 12.8 Å². The highest BCUT2D eigenvalue weighted by Gasteiger charge is 2.45. The summed E-state index contributed by atoms with van der Waals surface area (Å²) in [7, 11) is 0. The molecule has 2 saturated carbocycles. The van der Waals surface area contributed by atoms with E-state index in [0.29, 0.717) is 31.2 Å². The Morgan fingerprint density at radius 1 is 0.667 bits per heavy atom. The molecule has 39 heavy (non-hydrogen) atoms. The number of aryl methyl sites for hydroxylation is 1. The molecule has 0 radical (unpaired) electrons. The van der Waals surface area contributed by atoms with Gasteiger partial charge in [0, 0.05) is 17.7 Å². The average Bonchev–Trinajstić information content (AvgIpc) is 2.81. The minimum absolute atomic E-state index is 0.0442. The van der Waals surface area contributed by atoms with Crippen molar-refractivity contribution in [2.75, 3.05) is 0 Å². The highest BCUT2D eigenvalue weighted by molar-refractivity contribution is 5.32. The molecule has 2 fully saturated rings. The van der Waals surface area contributed by atoms with Gasteiger partial charge in [-0.2, -0.15) is 22.0 Å². The van der Waals surface area contributed by atoms with Crippen molar-refractivity contribution in [2.24, 2.45) is 17.8 Å². The maximum absolute atomic E-state index is 14.7. The first-order chi connectivity index (χ1) is 18.2. The van der Waals surface area contributed by atoms with Crippen LogP contribution in [-0.4, -0.2) is 6.11 Å². The third-order valence-corrected chi connectivity index (χ3v) is 7.86. The fourth-order valence-corrected chi connectivity index (χ4v) is 5.78. The van der Waals surface area contributed by atoms with Gasteiger partial charge in [-0.1, -0.05) is 12.2 Å². The smallest absolute Gasteiger partial charge is 0.422 e. The van der Waals surface area contributed by atoms with Gasteiger partial charge < -0.3 is 4.74 Å². The van der Waals surface area contributed by atoms with Gasteiger partial charge in [0.15, 0.2) is 0 Å². The number of halogens is 9. The SMILES string of the molecule is Cc1cc(F)c(C2CCC(/C=C/C3CCC(C(F)(F)Oc4cc(F)c(C(F)(F)F)c(F)c4)CC3)CC2)c(F)c1. The number of hydrogen-bond acceptors (Lipinski definition) is 1. The molecule has 0 aromatic heterocycles. The van der Waals surface area contributed by atoms with E-state index < -0.39 is 52.8 Å². The predicted molar refractivity (Wildman–Crippen MR) is 127 cm³/mol. The van der Waals surface area contributed by atoms with Crippen LogP contribution >= 0.6 is 0 Å². The third kappa shape index (κ3) is 6.92. The van der Waals surface area contributed by atoms with Gasteiger partial charge in [-0.05, 0) is 93.7 Å².